The number of nitrogens with zero attached hydrogens (tertiary/aromatic N) is 4. The van der Waals surface area contributed by atoms with E-state index in [0.29, 0.717) is 12.4 Å². The van der Waals surface area contributed by atoms with Gasteiger partial charge in [0.15, 0.2) is 17.0 Å². The second kappa shape index (κ2) is 5.16. The quantitative estimate of drug-likeness (QED) is 0.755. The largest absolute Gasteiger partial charge is 0.368 e. The second-order valence-electron chi connectivity index (χ2n) is 4.49. The van der Waals surface area contributed by atoms with Gasteiger partial charge in [-0.1, -0.05) is 30.3 Å². The van der Waals surface area contributed by atoms with Gasteiger partial charge in [0.25, 0.3) is 0 Å². The second-order valence-corrected chi connectivity index (χ2v) is 4.49. The van der Waals surface area contributed by atoms with Crippen LogP contribution in [0.3, 0.4) is 0 Å². The molecule has 0 radical (unpaired) electrons. The van der Waals surface area contributed by atoms with Gasteiger partial charge < -0.3 is 15.6 Å². The van der Waals surface area contributed by atoms with E-state index in [9.17, 15) is 0 Å². The summed E-state index contributed by atoms with van der Waals surface area (Å²) in [7, 11) is 0. The minimum Gasteiger partial charge on any atom is -0.368 e. The van der Waals surface area contributed by atoms with Gasteiger partial charge in [-0.2, -0.15) is 9.97 Å². The molecule has 1 aromatic carbocycles. The number of nitrogen functional groups attached to an aromatic ring is 1. The van der Waals surface area contributed by atoms with Crippen LogP contribution in [0, 0.1) is 0 Å². The van der Waals surface area contributed by atoms with Crippen molar-refractivity contribution < 1.29 is 0 Å². The van der Waals surface area contributed by atoms with Gasteiger partial charge in [-0.3, -0.25) is 0 Å². The van der Waals surface area contributed by atoms with Gasteiger partial charge in [-0.25, -0.2) is 4.98 Å². The van der Waals surface area contributed by atoms with Crippen LogP contribution in [0.4, 0.5) is 11.8 Å². The molecule has 3 aromatic rings. The van der Waals surface area contributed by atoms with Crippen LogP contribution < -0.4 is 11.1 Å². The third-order valence-electron chi connectivity index (χ3n) is 3.02. The standard InChI is InChI=1S/C14H16N6/c1-2-16-12-11-13(19-14(15)18-12)20(9-17-11)8-10-6-4-3-5-7-10/h3-7,9H,2,8H2,1H3,(H3,15,16,18,19). The molecule has 0 aliphatic carbocycles. The van der Waals surface area contributed by atoms with Gasteiger partial charge in [0.05, 0.1) is 12.9 Å². The number of imidazole rings is 1. The lowest BCUT2D eigenvalue weighted by molar-refractivity contribution is 0.814. The molecule has 102 valence electrons. The molecule has 3 N–H and O–H groups in total. The zero-order chi connectivity index (χ0) is 13.9. The minimum atomic E-state index is 0.253. The molecule has 6 nitrogen and oxygen atoms in total. The van der Waals surface area contributed by atoms with Gasteiger partial charge in [0.2, 0.25) is 5.95 Å². The molecule has 0 atom stereocenters. The summed E-state index contributed by atoms with van der Waals surface area (Å²) < 4.78 is 1.98. The first-order valence-electron chi connectivity index (χ1n) is 6.54. The number of nitrogens with two attached hydrogens (primary N) is 1. The zero-order valence-electron chi connectivity index (χ0n) is 11.2. The number of benzene rings is 1. The lowest BCUT2D eigenvalue weighted by Crippen LogP contribution is -2.06. The van der Waals surface area contributed by atoms with E-state index in [4.69, 9.17) is 5.73 Å². The summed E-state index contributed by atoms with van der Waals surface area (Å²) in [6.07, 6.45) is 1.77. The van der Waals surface area contributed by atoms with E-state index >= 15 is 0 Å². The van der Waals surface area contributed by atoms with Crippen molar-refractivity contribution in [1.29, 1.82) is 0 Å². The Morgan fingerprint density at radius 2 is 2.00 bits per heavy atom. The Balaban J connectivity index is 2.04. The molecule has 6 heteroatoms. The first kappa shape index (κ1) is 12.4. The maximum absolute atomic E-state index is 5.77. The van der Waals surface area contributed by atoms with Crippen molar-refractivity contribution in [2.45, 2.75) is 13.5 Å². The number of hydrogen-bond acceptors (Lipinski definition) is 5. The number of nitrogens with one attached hydrogen (secondary N) is 1. The summed E-state index contributed by atoms with van der Waals surface area (Å²) in [5.74, 6) is 0.935. The Kier molecular flexibility index (Phi) is 3.20. The Morgan fingerprint density at radius 1 is 1.20 bits per heavy atom. The third-order valence-corrected chi connectivity index (χ3v) is 3.02. The maximum atomic E-state index is 5.77. The Morgan fingerprint density at radius 3 is 2.75 bits per heavy atom. The summed E-state index contributed by atoms with van der Waals surface area (Å²) >= 11 is 0. The summed E-state index contributed by atoms with van der Waals surface area (Å²) in [6.45, 7) is 3.47. The normalized spacial score (nSPS) is 10.8. The number of rotatable bonds is 4. The summed E-state index contributed by atoms with van der Waals surface area (Å²) in [4.78, 5) is 12.9. The molecular weight excluding hydrogens is 252 g/mol. The van der Waals surface area contributed by atoms with E-state index in [1.165, 1.54) is 5.56 Å². The molecular formula is C14H16N6. The van der Waals surface area contributed by atoms with Crippen molar-refractivity contribution in [3.8, 4) is 0 Å². The molecule has 2 heterocycles. The zero-order valence-corrected chi connectivity index (χ0v) is 11.2. The van der Waals surface area contributed by atoms with E-state index in [0.717, 1.165) is 17.7 Å². The van der Waals surface area contributed by atoms with Crippen molar-refractivity contribution >= 4 is 22.9 Å². The number of anilines is 2. The van der Waals surface area contributed by atoms with E-state index in [1.54, 1.807) is 6.33 Å². The van der Waals surface area contributed by atoms with Crippen molar-refractivity contribution in [3.63, 3.8) is 0 Å². The van der Waals surface area contributed by atoms with Crippen LogP contribution in [0.5, 0.6) is 0 Å². The molecule has 0 fully saturated rings. The molecule has 2 aromatic heterocycles. The van der Waals surface area contributed by atoms with Gasteiger partial charge >= 0.3 is 0 Å². The lowest BCUT2D eigenvalue weighted by Gasteiger charge is -2.06. The van der Waals surface area contributed by atoms with Crippen molar-refractivity contribution in [2.75, 3.05) is 17.6 Å². The molecule has 3 rings (SSSR count). The van der Waals surface area contributed by atoms with Crippen LogP contribution in [0.2, 0.25) is 0 Å². The Bertz CT molecular complexity index is 719. The average molecular weight is 268 g/mol. The van der Waals surface area contributed by atoms with Crippen LogP contribution in [-0.4, -0.2) is 26.1 Å². The minimum absolute atomic E-state index is 0.253. The van der Waals surface area contributed by atoms with E-state index in [1.807, 2.05) is 29.7 Å². The molecule has 0 amide bonds. The van der Waals surface area contributed by atoms with Gasteiger partial charge in [0.1, 0.15) is 0 Å². The first-order chi connectivity index (χ1) is 9.78. The number of hydrogen-bond donors (Lipinski definition) is 2. The molecule has 0 aliphatic rings. The number of fused-ring (bicyclic) bond motifs is 1. The molecule has 0 spiro atoms. The highest BCUT2D eigenvalue weighted by molar-refractivity contribution is 5.84. The predicted molar refractivity (Wildman–Crippen MR) is 79.4 cm³/mol. The Labute approximate surface area is 116 Å². The first-order valence-corrected chi connectivity index (χ1v) is 6.54. The SMILES string of the molecule is CCNc1nc(N)nc2c1ncn2Cc1ccccc1. The summed E-state index contributed by atoms with van der Waals surface area (Å²) in [5, 5.41) is 3.16. The van der Waals surface area contributed by atoms with Crippen LogP contribution in [0.25, 0.3) is 11.2 Å². The number of aromatic nitrogens is 4. The summed E-state index contributed by atoms with van der Waals surface area (Å²) in [5.41, 5.74) is 8.46. The lowest BCUT2D eigenvalue weighted by atomic mass is 10.2. The molecule has 0 saturated heterocycles. The van der Waals surface area contributed by atoms with E-state index in [2.05, 4.69) is 32.4 Å². The molecule has 20 heavy (non-hydrogen) atoms. The molecule has 0 saturated carbocycles. The van der Waals surface area contributed by atoms with Crippen molar-refractivity contribution in [1.82, 2.24) is 19.5 Å². The molecule has 0 unspecified atom stereocenters. The fourth-order valence-corrected chi connectivity index (χ4v) is 2.15. The predicted octanol–water partition coefficient (Wildman–Crippen LogP) is 1.89. The van der Waals surface area contributed by atoms with E-state index < -0.39 is 0 Å². The van der Waals surface area contributed by atoms with Crippen LogP contribution in [0.1, 0.15) is 12.5 Å². The molecule has 0 aliphatic heterocycles. The van der Waals surface area contributed by atoms with Gasteiger partial charge in [-0.15, -0.1) is 0 Å². The fraction of sp³-hybridized carbons (Fsp3) is 0.214. The highest BCUT2D eigenvalue weighted by Gasteiger charge is 2.11. The fourth-order valence-electron chi connectivity index (χ4n) is 2.15. The molecule has 0 bridgehead atoms. The maximum Gasteiger partial charge on any atom is 0.224 e. The Hall–Kier alpha value is -2.63. The highest BCUT2D eigenvalue weighted by atomic mass is 15.2. The van der Waals surface area contributed by atoms with E-state index in [-0.39, 0.29) is 5.95 Å². The summed E-state index contributed by atoms with van der Waals surface area (Å²) in [6, 6.07) is 10.2. The van der Waals surface area contributed by atoms with Crippen LogP contribution in [-0.2, 0) is 6.54 Å². The van der Waals surface area contributed by atoms with Crippen LogP contribution in [0.15, 0.2) is 36.7 Å². The smallest absolute Gasteiger partial charge is 0.224 e. The topological polar surface area (TPSA) is 81.7 Å². The van der Waals surface area contributed by atoms with Gasteiger partial charge in [-0.05, 0) is 12.5 Å². The third kappa shape index (κ3) is 2.27. The van der Waals surface area contributed by atoms with Crippen LogP contribution >= 0.6 is 0 Å². The van der Waals surface area contributed by atoms with Crippen molar-refractivity contribution in [2.24, 2.45) is 0 Å². The monoisotopic (exact) mass is 268 g/mol. The van der Waals surface area contributed by atoms with Crippen molar-refractivity contribution in [3.05, 3.63) is 42.2 Å². The van der Waals surface area contributed by atoms with Gasteiger partial charge in [0, 0.05) is 6.54 Å². The highest BCUT2D eigenvalue weighted by Crippen LogP contribution is 2.20. The average Bonchev–Trinajstić information content (AvgIpc) is 2.83.